The number of amides is 1. The standard InChI is InChI=1S/C12H14BrFN2O2/c13-11-9(2-1-3-10(11)14)12(17)16-7-8-6-15-4-5-18-8/h1-3,8,15H,4-7H2,(H,16,17). The Morgan fingerprint density at radius 3 is 3.17 bits per heavy atom. The van der Waals surface area contributed by atoms with Gasteiger partial charge in [0, 0.05) is 19.6 Å². The van der Waals surface area contributed by atoms with Gasteiger partial charge in [0.15, 0.2) is 0 Å². The van der Waals surface area contributed by atoms with Crippen molar-refractivity contribution in [2.24, 2.45) is 0 Å². The first-order valence-corrected chi connectivity index (χ1v) is 6.52. The van der Waals surface area contributed by atoms with Crippen molar-refractivity contribution in [3.63, 3.8) is 0 Å². The van der Waals surface area contributed by atoms with Crippen molar-refractivity contribution >= 4 is 21.8 Å². The van der Waals surface area contributed by atoms with Crippen LogP contribution < -0.4 is 10.6 Å². The van der Waals surface area contributed by atoms with Crippen LogP contribution in [0.25, 0.3) is 0 Å². The van der Waals surface area contributed by atoms with Crippen LogP contribution in [-0.2, 0) is 4.74 Å². The number of hydrogen-bond acceptors (Lipinski definition) is 3. The Hall–Kier alpha value is -0.980. The van der Waals surface area contributed by atoms with Crippen molar-refractivity contribution in [2.45, 2.75) is 6.10 Å². The van der Waals surface area contributed by atoms with Gasteiger partial charge < -0.3 is 15.4 Å². The maximum Gasteiger partial charge on any atom is 0.252 e. The Labute approximate surface area is 113 Å². The average Bonchev–Trinajstić information content (AvgIpc) is 2.40. The molecule has 18 heavy (non-hydrogen) atoms. The molecule has 0 spiro atoms. The second-order valence-corrected chi connectivity index (χ2v) is 4.80. The van der Waals surface area contributed by atoms with Crippen molar-refractivity contribution in [1.82, 2.24) is 10.6 Å². The van der Waals surface area contributed by atoms with E-state index >= 15 is 0 Å². The van der Waals surface area contributed by atoms with Crippen molar-refractivity contribution in [3.8, 4) is 0 Å². The molecule has 1 aliphatic heterocycles. The molecule has 1 saturated heterocycles. The highest BCUT2D eigenvalue weighted by Crippen LogP contribution is 2.20. The largest absolute Gasteiger partial charge is 0.374 e. The van der Waals surface area contributed by atoms with Crippen molar-refractivity contribution in [3.05, 3.63) is 34.1 Å². The van der Waals surface area contributed by atoms with Gasteiger partial charge in [-0.05, 0) is 28.1 Å². The van der Waals surface area contributed by atoms with E-state index < -0.39 is 5.82 Å². The molecule has 0 bridgehead atoms. The summed E-state index contributed by atoms with van der Waals surface area (Å²) in [5.74, 6) is -0.756. The molecule has 0 radical (unpaired) electrons. The van der Waals surface area contributed by atoms with Crippen LogP contribution in [-0.4, -0.2) is 38.3 Å². The molecule has 6 heteroatoms. The van der Waals surface area contributed by atoms with E-state index in [0.717, 1.165) is 6.54 Å². The van der Waals surface area contributed by atoms with Crippen LogP contribution in [0, 0.1) is 5.82 Å². The molecule has 1 unspecified atom stereocenters. The van der Waals surface area contributed by atoms with Gasteiger partial charge in [0.1, 0.15) is 5.82 Å². The molecule has 2 rings (SSSR count). The number of rotatable bonds is 3. The third kappa shape index (κ3) is 3.28. The fourth-order valence-electron chi connectivity index (χ4n) is 1.73. The number of carbonyl (C=O) groups is 1. The fraction of sp³-hybridized carbons (Fsp3) is 0.417. The van der Waals surface area contributed by atoms with Crippen molar-refractivity contribution in [2.75, 3.05) is 26.2 Å². The fourth-order valence-corrected chi connectivity index (χ4v) is 2.18. The van der Waals surface area contributed by atoms with Gasteiger partial charge >= 0.3 is 0 Å². The Bertz CT molecular complexity index is 436. The topological polar surface area (TPSA) is 50.4 Å². The Morgan fingerprint density at radius 2 is 2.44 bits per heavy atom. The Balaban J connectivity index is 1.93. The van der Waals surface area contributed by atoms with Gasteiger partial charge in [-0.25, -0.2) is 4.39 Å². The van der Waals surface area contributed by atoms with Gasteiger partial charge in [-0.3, -0.25) is 4.79 Å². The van der Waals surface area contributed by atoms with Crippen molar-refractivity contribution < 1.29 is 13.9 Å². The van der Waals surface area contributed by atoms with Crippen LogP contribution in [0.5, 0.6) is 0 Å². The van der Waals surface area contributed by atoms with Crippen LogP contribution in [0.15, 0.2) is 22.7 Å². The zero-order valence-electron chi connectivity index (χ0n) is 9.71. The molecule has 1 heterocycles. The molecule has 1 aliphatic rings. The molecule has 98 valence electrons. The number of morpholine rings is 1. The molecular formula is C12H14BrFN2O2. The second-order valence-electron chi connectivity index (χ2n) is 4.01. The van der Waals surface area contributed by atoms with Crippen LogP contribution in [0.3, 0.4) is 0 Å². The van der Waals surface area contributed by atoms with Gasteiger partial charge in [0.05, 0.1) is 22.7 Å². The quantitative estimate of drug-likeness (QED) is 0.884. The molecule has 4 nitrogen and oxygen atoms in total. The number of nitrogens with one attached hydrogen (secondary N) is 2. The monoisotopic (exact) mass is 316 g/mol. The summed E-state index contributed by atoms with van der Waals surface area (Å²) >= 11 is 3.07. The maximum absolute atomic E-state index is 13.3. The summed E-state index contributed by atoms with van der Waals surface area (Å²) in [5.41, 5.74) is 0.291. The summed E-state index contributed by atoms with van der Waals surface area (Å²) in [4.78, 5) is 11.9. The van der Waals surface area contributed by atoms with Crippen LogP contribution in [0.2, 0.25) is 0 Å². The van der Waals surface area contributed by atoms with Crippen LogP contribution >= 0.6 is 15.9 Å². The number of benzene rings is 1. The normalized spacial score (nSPS) is 19.6. The first-order chi connectivity index (χ1) is 8.68. The number of hydrogen-bond donors (Lipinski definition) is 2. The first kappa shape index (κ1) is 13.5. The smallest absolute Gasteiger partial charge is 0.252 e. The average molecular weight is 317 g/mol. The predicted octanol–water partition coefficient (Wildman–Crippen LogP) is 1.31. The van der Waals surface area contributed by atoms with E-state index in [0.29, 0.717) is 25.3 Å². The highest BCUT2D eigenvalue weighted by molar-refractivity contribution is 9.10. The predicted molar refractivity (Wildman–Crippen MR) is 69.0 cm³/mol. The first-order valence-electron chi connectivity index (χ1n) is 5.73. The highest BCUT2D eigenvalue weighted by atomic mass is 79.9. The number of halogens is 2. The summed E-state index contributed by atoms with van der Waals surface area (Å²) in [5, 5.41) is 5.91. The van der Waals surface area contributed by atoms with E-state index in [9.17, 15) is 9.18 Å². The van der Waals surface area contributed by atoms with Crippen molar-refractivity contribution in [1.29, 1.82) is 0 Å². The van der Waals surface area contributed by atoms with Gasteiger partial charge in [0.2, 0.25) is 0 Å². The van der Waals surface area contributed by atoms with E-state index in [1.165, 1.54) is 12.1 Å². The summed E-state index contributed by atoms with van der Waals surface area (Å²) in [6.45, 7) is 2.60. The van der Waals surface area contributed by atoms with E-state index in [1.807, 2.05) is 0 Å². The number of carbonyl (C=O) groups excluding carboxylic acids is 1. The molecule has 0 saturated carbocycles. The minimum absolute atomic E-state index is 0.0324. The molecule has 1 amide bonds. The lowest BCUT2D eigenvalue weighted by Gasteiger charge is -2.23. The van der Waals surface area contributed by atoms with Gasteiger partial charge in [-0.1, -0.05) is 6.07 Å². The minimum Gasteiger partial charge on any atom is -0.374 e. The van der Waals surface area contributed by atoms with Gasteiger partial charge in [-0.2, -0.15) is 0 Å². The zero-order valence-corrected chi connectivity index (χ0v) is 11.3. The second kappa shape index (κ2) is 6.26. The van der Waals surface area contributed by atoms with E-state index in [-0.39, 0.29) is 16.5 Å². The molecule has 1 aromatic rings. The molecule has 0 aliphatic carbocycles. The lowest BCUT2D eigenvalue weighted by atomic mass is 10.2. The molecular weight excluding hydrogens is 303 g/mol. The Morgan fingerprint density at radius 1 is 1.61 bits per heavy atom. The summed E-state index contributed by atoms with van der Waals surface area (Å²) in [6.07, 6.45) is -0.0324. The molecule has 1 atom stereocenters. The van der Waals surface area contributed by atoms with Gasteiger partial charge in [0.25, 0.3) is 5.91 Å². The lowest BCUT2D eigenvalue weighted by Crippen LogP contribution is -2.45. The van der Waals surface area contributed by atoms with Crippen LogP contribution in [0.1, 0.15) is 10.4 Å². The number of ether oxygens (including phenoxy) is 1. The van der Waals surface area contributed by atoms with Crippen LogP contribution in [0.4, 0.5) is 4.39 Å². The summed E-state index contributed by atoms with van der Waals surface area (Å²) in [7, 11) is 0. The van der Waals surface area contributed by atoms with E-state index in [2.05, 4.69) is 26.6 Å². The Kier molecular flexibility index (Phi) is 4.68. The molecule has 0 aromatic heterocycles. The third-order valence-corrected chi connectivity index (χ3v) is 3.50. The SMILES string of the molecule is O=C(NCC1CNCCO1)c1cccc(F)c1Br. The molecule has 2 N–H and O–H groups in total. The zero-order chi connectivity index (χ0) is 13.0. The van der Waals surface area contributed by atoms with E-state index in [1.54, 1.807) is 6.07 Å². The highest BCUT2D eigenvalue weighted by Gasteiger charge is 2.17. The molecule has 1 aromatic carbocycles. The lowest BCUT2D eigenvalue weighted by molar-refractivity contribution is 0.0287. The summed E-state index contributed by atoms with van der Waals surface area (Å²) in [6, 6.07) is 4.38. The minimum atomic E-state index is -0.446. The third-order valence-electron chi connectivity index (χ3n) is 2.69. The van der Waals surface area contributed by atoms with E-state index in [4.69, 9.17) is 4.74 Å². The summed E-state index contributed by atoms with van der Waals surface area (Å²) < 4.78 is 18.9. The van der Waals surface area contributed by atoms with Gasteiger partial charge in [-0.15, -0.1) is 0 Å². The maximum atomic E-state index is 13.3. The molecule has 1 fully saturated rings.